The van der Waals surface area contributed by atoms with Crippen LogP contribution in [-0.2, 0) is 24.4 Å². The highest BCUT2D eigenvalue weighted by Crippen LogP contribution is 2.21. The minimum Gasteiger partial charge on any atom is -0.469 e. The highest BCUT2D eigenvalue weighted by atomic mass is 32.2. The Morgan fingerprint density at radius 3 is 2.26 bits per heavy atom. The average molecular weight is 345 g/mol. The Kier molecular flexibility index (Phi) is 7.14. The summed E-state index contributed by atoms with van der Waals surface area (Å²) in [5.41, 5.74) is 6.51. The van der Waals surface area contributed by atoms with Crippen LogP contribution < -0.4 is 5.73 Å². The van der Waals surface area contributed by atoms with Crippen molar-refractivity contribution in [1.82, 2.24) is 0 Å². The first-order valence-electron chi connectivity index (χ1n) is 7.14. The summed E-state index contributed by atoms with van der Waals surface area (Å²) in [5, 5.41) is 0. The fourth-order valence-corrected chi connectivity index (χ4v) is 2.50. The maximum absolute atomic E-state index is 10.9. The van der Waals surface area contributed by atoms with Gasteiger partial charge in [0.2, 0.25) is 0 Å². The largest absolute Gasteiger partial charge is 0.469 e. The third kappa shape index (κ3) is 7.08. The van der Waals surface area contributed by atoms with Crippen molar-refractivity contribution >= 4 is 16.1 Å². The number of nitrogens with two attached hydrogens (primary N) is 1. The Labute approximate surface area is 136 Å². The first-order valence-corrected chi connectivity index (χ1v) is 8.58. The summed E-state index contributed by atoms with van der Waals surface area (Å²) in [5.74, 6) is -0.237. The van der Waals surface area contributed by atoms with Gasteiger partial charge in [0.1, 0.15) is 0 Å². The zero-order valence-electron chi connectivity index (χ0n) is 13.3. The summed E-state index contributed by atoms with van der Waals surface area (Å²) in [6, 6.07) is 5.99. The number of hydrogen-bond acceptors (Lipinski definition) is 6. The molecule has 0 spiro atoms. The lowest BCUT2D eigenvalue weighted by Gasteiger charge is -2.32. The van der Waals surface area contributed by atoms with Crippen molar-refractivity contribution in [3.8, 4) is 0 Å². The van der Waals surface area contributed by atoms with Crippen molar-refractivity contribution in [2.24, 2.45) is 5.73 Å². The monoisotopic (exact) mass is 345 g/mol. The van der Waals surface area contributed by atoms with E-state index in [2.05, 4.69) is 4.74 Å². The number of ether oxygens (including phenoxy) is 2. The van der Waals surface area contributed by atoms with E-state index in [1.807, 2.05) is 6.92 Å². The number of hydrogen-bond donors (Lipinski definition) is 2. The van der Waals surface area contributed by atoms with Crippen LogP contribution in [0.4, 0.5) is 0 Å². The van der Waals surface area contributed by atoms with Crippen molar-refractivity contribution in [3.63, 3.8) is 0 Å². The second-order valence-electron chi connectivity index (χ2n) is 5.52. The molecule has 0 bridgehead atoms. The standard InChI is InChI=1S/C8H15NO3.C7H8O3S/c1-11-7(10)6-8(9)2-4-12-5-3-8;1-6-2-4-7(5-3-6)11(8,9)10/h2-6,9H2,1H3;2-5H,1H3,(H,8,9,10). The summed E-state index contributed by atoms with van der Waals surface area (Å²) in [7, 11) is -2.64. The Morgan fingerprint density at radius 1 is 1.30 bits per heavy atom. The summed E-state index contributed by atoms with van der Waals surface area (Å²) in [6.45, 7) is 3.13. The van der Waals surface area contributed by atoms with E-state index in [1.165, 1.54) is 19.2 Å². The van der Waals surface area contributed by atoms with Crippen LogP contribution in [0.25, 0.3) is 0 Å². The molecule has 0 unspecified atom stereocenters. The molecule has 130 valence electrons. The SMILES string of the molecule is COC(=O)CC1(N)CCOCC1.Cc1ccc(S(=O)(=O)O)cc1. The van der Waals surface area contributed by atoms with E-state index in [0.717, 1.165) is 18.4 Å². The lowest BCUT2D eigenvalue weighted by atomic mass is 9.88. The van der Waals surface area contributed by atoms with E-state index in [9.17, 15) is 13.2 Å². The molecule has 7 nitrogen and oxygen atoms in total. The number of aryl methyl sites for hydroxylation is 1. The number of carbonyl (C=O) groups is 1. The Bertz CT molecular complexity index is 605. The molecule has 0 atom stereocenters. The van der Waals surface area contributed by atoms with Gasteiger partial charge in [0.15, 0.2) is 0 Å². The Morgan fingerprint density at radius 2 is 1.83 bits per heavy atom. The molecular weight excluding hydrogens is 322 g/mol. The van der Waals surface area contributed by atoms with Crippen LogP contribution in [0.1, 0.15) is 24.8 Å². The third-order valence-electron chi connectivity index (χ3n) is 3.53. The van der Waals surface area contributed by atoms with Crippen molar-refractivity contribution in [2.45, 2.75) is 36.6 Å². The molecule has 8 heteroatoms. The molecule has 1 aromatic carbocycles. The predicted molar refractivity (Wildman–Crippen MR) is 84.6 cm³/mol. The molecule has 1 aliphatic rings. The fraction of sp³-hybridized carbons (Fsp3) is 0.533. The second kappa shape index (κ2) is 8.39. The molecule has 0 saturated carbocycles. The van der Waals surface area contributed by atoms with E-state index in [1.54, 1.807) is 12.1 Å². The molecule has 1 aromatic rings. The Balaban J connectivity index is 0.000000231. The second-order valence-corrected chi connectivity index (χ2v) is 6.94. The Hall–Kier alpha value is -1.48. The lowest BCUT2D eigenvalue weighted by molar-refractivity contribution is -0.142. The normalized spacial score (nSPS) is 16.9. The van der Waals surface area contributed by atoms with Gasteiger partial charge in [0.05, 0.1) is 18.4 Å². The maximum Gasteiger partial charge on any atom is 0.307 e. The van der Waals surface area contributed by atoms with E-state index in [-0.39, 0.29) is 10.9 Å². The first kappa shape index (κ1) is 19.6. The third-order valence-corrected chi connectivity index (χ3v) is 4.40. The molecule has 0 aromatic heterocycles. The van der Waals surface area contributed by atoms with Crippen LogP contribution in [0.5, 0.6) is 0 Å². The molecule has 1 heterocycles. The molecule has 1 fully saturated rings. The van der Waals surface area contributed by atoms with Crippen molar-refractivity contribution in [2.75, 3.05) is 20.3 Å². The van der Waals surface area contributed by atoms with Crippen LogP contribution in [0, 0.1) is 6.92 Å². The minimum atomic E-state index is -4.02. The van der Waals surface area contributed by atoms with Crippen LogP contribution in [0.3, 0.4) is 0 Å². The number of rotatable bonds is 3. The first-order chi connectivity index (χ1) is 10.7. The van der Waals surface area contributed by atoms with Gasteiger partial charge in [-0.15, -0.1) is 0 Å². The predicted octanol–water partition coefficient (Wildman–Crippen LogP) is 1.30. The van der Waals surface area contributed by atoms with Crippen LogP contribution >= 0.6 is 0 Å². The van der Waals surface area contributed by atoms with Crippen LogP contribution in [-0.4, -0.2) is 44.8 Å². The smallest absolute Gasteiger partial charge is 0.307 e. The highest BCUT2D eigenvalue weighted by Gasteiger charge is 2.30. The van der Waals surface area contributed by atoms with Crippen molar-refractivity contribution in [3.05, 3.63) is 29.8 Å². The van der Waals surface area contributed by atoms with Gasteiger partial charge in [-0.1, -0.05) is 17.7 Å². The zero-order chi connectivity index (χ0) is 17.5. The van der Waals surface area contributed by atoms with Gasteiger partial charge < -0.3 is 15.2 Å². The molecule has 0 aliphatic carbocycles. The number of methoxy groups -OCH3 is 1. The van der Waals surface area contributed by atoms with Gasteiger partial charge in [-0.25, -0.2) is 0 Å². The zero-order valence-corrected chi connectivity index (χ0v) is 14.1. The number of benzene rings is 1. The molecule has 23 heavy (non-hydrogen) atoms. The van der Waals surface area contributed by atoms with E-state index < -0.39 is 15.7 Å². The van der Waals surface area contributed by atoms with Crippen molar-refractivity contribution in [1.29, 1.82) is 0 Å². The molecule has 0 radical (unpaired) electrons. The van der Waals surface area contributed by atoms with E-state index in [0.29, 0.717) is 19.6 Å². The van der Waals surface area contributed by atoms with Gasteiger partial charge in [-0.3, -0.25) is 9.35 Å². The maximum atomic E-state index is 10.9. The molecule has 1 saturated heterocycles. The van der Waals surface area contributed by atoms with Crippen molar-refractivity contribution < 1.29 is 27.2 Å². The van der Waals surface area contributed by atoms with Gasteiger partial charge in [0, 0.05) is 18.8 Å². The molecule has 0 amide bonds. The topological polar surface area (TPSA) is 116 Å². The molecule has 2 rings (SSSR count). The van der Waals surface area contributed by atoms with E-state index in [4.69, 9.17) is 15.0 Å². The minimum absolute atomic E-state index is 0.0666. The lowest BCUT2D eigenvalue weighted by Crippen LogP contribution is -2.46. The quantitative estimate of drug-likeness (QED) is 0.626. The summed E-state index contributed by atoms with van der Waals surface area (Å²) < 4.78 is 39.3. The molecule has 1 aliphatic heterocycles. The molecule has 3 N–H and O–H groups in total. The number of carbonyl (C=O) groups excluding carboxylic acids is 1. The van der Waals surface area contributed by atoms with Gasteiger partial charge in [0.25, 0.3) is 10.1 Å². The van der Waals surface area contributed by atoms with Crippen LogP contribution in [0.2, 0.25) is 0 Å². The fourth-order valence-electron chi connectivity index (χ4n) is 2.02. The highest BCUT2D eigenvalue weighted by molar-refractivity contribution is 7.85. The van der Waals surface area contributed by atoms with Crippen LogP contribution in [0.15, 0.2) is 29.2 Å². The summed E-state index contributed by atoms with van der Waals surface area (Å²) in [6.07, 6.45) is 1.77. The van der Waals surface area contributed by atoms with E-state index >= 15 is 0 Å². The van der Waals surface area contributed by atoms with Gasteiger partial charge in [-0.2, -0.15) is 8.42 Å². The van der Waals surface area contributed by atoms with Gasteiger partial charge in [-0.05, 0) is 31.9 Å². The average Bonchev–Trinajstić information content (AvgIpc) is 2.47. The molecular formula is C15H23NO6S. The number of esters is 1. The summed E-state index contributed by atoms with van der Waals surface area (Å²) in [4.78, 5) is 10.9. The summed E-state index contributed by atoms with van der Waals surface area (Å²) >= 11 is 0. The van der Waals surface area contributed by atoms with Gasteiger partial charge >= 0.3 is 5.97 Å².